The first-order valence-electron chi connectivity index (χ1n) is 11.0. The minimum atomic E-state index is -4.10. The molecule has 1 saturated heterocycles. The highest BCUT2D eigenvalue weighted by atomic mass is 32.2. The lowest BCUT2D eigenvalue weighted by Gasteiger charge is -2.30. The lowest BCUT2D eigenvalue weighted by atomic mass is 10.0. The molecule has 1 fully saturated rings. The summed E-state index contributed by atoms with van der Waals surface area (Å²) < 4.78 is 34.1. The molecule has 0 radical (unpaired) electrons. The van der Waals surface area contributed by atoms with E-state index in [-0.39, 0.29) is 11.7 Å². The molecule has 3 atom stereocenters. The van der Waals surface area contributed by atoms with Crippen LogP contribution in [0.25, 0.3) is 0 Å². The highest BCUT2D eigenvalue weighted by Crippen LogP contribution is 2.29. The van der Waals surface area contributed by atoms with Crippen LogP contribution in [0, 0.1) is 11.8 Å². The summed E-state index contributed by atoms with van der Waals surface area (Å²) in [7, 11) is -1.87. The van der Waals surface area contributed by atoms with Gasteiger partial charge in [-0.1, -0.05) is 78.1 Å². The van der Waals surface area contributed by atoms with Crippen molar-refractivity contribution in [3.05, 3.63) is 0 Å². The molecular formula is C21H43NO3S. The van der Waals surface area contributed by atoms with Crippen molar-refractivity contribution in [2.75, 3.05) is 32.4 Å². The van der Waals surface area contributed by atoms with Gasteiger partial charge in [0.2, 0.25) is 0 Å². The fraction of sp³-hybridized carbons (Fsp3) is 1.00. The lowest BCUT2D eigenvalue weighted by molar-refractivity contribution is -0.900. The molecule has 0 aromatic rings. The third kappa shape index (κ3) is 10.9. The summed E-state index contributed by atoms with van der Waals surface area (Å²) in [6, 6.07) is 0. The number of quaternary nitrogens is 1. The van der Waals surface area contributed by atoms with E-state index in [2.05, 4.69) is 20.9 Å². The molecule has 1 aliphatic heterocycles. The average molecular weight is 390 g/mol. The first kappa shape index (κ1) is 23.9. The van der Waals surface area contributed by atoms with Crippen LogP contribution in [-0.4, -0.2) is 49.9 Å². The Bertz CT molecular complexity index is 466. The average Bonchev–Trinajstić information content (AvgIpc) is 2.81. The van der Waals surface area contributed by atoms with Crippen LogP contribution in [0.5, 0.6) is 0 Å². The fourth-order valence-electron chi connectivity index (χ4n) is 4.66. The van der Waals surface area contributed by atoms with Crippen molar-refractivity contribution in [3.8, 4) is 0 Å². The molecule has 0 saturated carbocycles. The third-order valence-electron chi connectivity index (χ3n) is 6.18. The third-order valence-corrected chi connectivity index (χ3v) is 7.01. The monoisotopic (exact) mass is 389 g/mol. The van der Waals surface area contributed by atoms with Gasteiger partial charge in [-0.3, -0.25) is 0 Å². The Morgan fingerprint density at radius 3 is 1.77 bits per heavy atom. The molecule has 1 rings (SSSR count). The molecule has 0 aliphatic carbocycles. The molecule has 1 aliphatic rings. The van der Waals surface area contributed by atoms with E-state index in [1.54, 1.807) is 0 Å². The second-order valence-electron chi connectivity index (χ2n) is 9.06. The highest BCUT2D eigenvalue weighted by Gasteiger charge is 2.40. The predicted octanol–water partition coefficient (Wildman–Crippen LogP) is 4.95. The zero-order valence-electron chi connectivity index (χ0n) is 17.5. The van der Waals surface area contributed by atoms with Crippen LogP contribution >= 0.6 is 0 Å². The van der Waals surface area contributed by atoms with Crippen molar-refractivity contribution in [3.63, 3.8) is 0 Å². The molecule has 0 aromatic heterocycles. The van der Waals surface area contributed by atoms with E-state index in [0.29, 0.717) is 5.92 Å². The molecule has 156 valence electrons. The molecule has 1 unspecified atom stereocenters. The van der Waals surface area contributed by atoms with Gasteiger partial charge in [0.1, 0.15) is 0 Å². The van der Waals surface area contributed by atoms with E-state index < -0.39 is 10.1 Å². The molecule has 5 heteroatoms. The van der Waals surface area contributed by atoms with E-state index in [0.717, 1.165) is 24.1 Å². The normalized spacial score (nSPS) is 26.5. The van der Waals surface area contributed by atoms with E-state index in [1.807, 2.05) is 0 Å². The minimum absolute atomic E-state index is 0.0415. The largest absolute Gasteiger partial charge is 0.748 e. The van der Waals surface area contributed by atoms with Crippen LogP contribution in [-0.2, 0) is 10.1 Å². The minimum Gasteiger partial charge on any atom is -0.748 e. The summed E-state index contributed by atoms with van der Waals surface area (Å²) in [4.78, 5) is 0. The molecule has 0 N–H and O–H groups in total. The van der Waals surface area contributed by atoms with E-state index in [4.69, 9.17) is 0 Å². The SMILES string of the molecule is CCCCCCCCCCCCCC[N+]1(C)C[C@H](CS(=O)(=O)[O-])[C@H](C)C1. The first-order chi connectivity index (χ1) is 12.3. The van der Waals surface area contributed by atoms with Crippen molar-refractivity contribution >= 4 is 10.1 Å². The predicted molar refractivity (Wildman–Crippen MR) is 109 cm³/mol. The zero-order chi connectivity index (χ0) is 19.5. The summed E-state index contributed by atoms with van der Waals surface area (Å²) in [5.74, 6) is 0.196. The Kier molecular flexibility index (Phi) is 11.4. The van der Waals surface area contributed by atoms with Gasteiger partial charge in [0.15, 0.2) is 0 Å². The van der Waals surface area contributed by atoms with Crippen molar-refractivity contribution in [2.45, 2.75) is 90.9 Å². The Labute approximate surface area is 163 Å². The molecule has 0 bridgehead atoms. The van der Waals surface area contributed by atoms with Gasteiger partial charge in [-0.2, -0.15) is 0 Å². The summed E-state index contributed by atoms with van der Waals surface area (Å²) >= 11 is 0. The van der Waals surface area contributed by atoms with Gasteiger partial charge >= 0.3 is 0 Å². The molecule has 0 aromatic carbocycles. The Morgan fingerprint density at radius 2 is 1.31 bits per heavy atom. The number of nitrogens with zero attached hydrogens (tertiary/aromatic N) is 1. The van der Waals surface area contributed by atoms with Crippen molar-refractivity contribution in [1.29, 1.82) is 0 Å². The van der Waals surface area contributed by atoms with Crippen LogP contribution in [0.15, 0.2) is 0 Å². The Balaban J connectivity index is 2.02. The van der Waals surface area contributed by atoms with Crippen molar-refractivity contribution < 1.29 is 17.5 Å². The molecule has 1 heterocycles. The van der Waals surface area contributed by atoms with Crippen molar-refractivity contribution in [2.24, 2.45) is 11.8 Å². The molecule has 0 spiro atoms. The number of rotatable bonds is 15. The maximum absolute atomic E-state index is 11.1. The molecule has 0 amide bonds. The highest BCUT2D eigenvalue weighted by molar-refractivity contribution is 7.85. The summed E-state index contributed by atoms with van der Waals surface area (Å²) in [5.41, 5.74) is 0. The fourth-order valence-corrected chi connectivity index (χ4v) is 5.62. The summed E-state index contributed by atoms with van der Waals surface area (Å²) in [6.07, 6.45) is 16.3. The van der Waals surface area contributed by atoms with Gasteiger partial charge < -0.3 is 9.04 Å². The van der Waals surface area contributed by atoms with Gasteiger partial charge in [0.25, 0.3) is 0 Å². The van der Waals surface area contributed by atoms with Crippen LogP contribution in [0.1, 0.15) is 90.9 Å². The van der Waals surface area contributed by atoms with Gasteiger partial charge in [-0.15, -0.1) is 0 Å². The van der Waals surface area contributed by atoms with E-state index in [1.165, 1.54) is 77.0 Å². The standard InChI is InChI=1S/C21H43NO3S/c1-4-5-6-7-8-9-10-11-12-13-14-15-16-22(3)17-20(2)21(18-22)19-26(23,24)25/h20-21H,4-19H2,1-3H3/t20-,21-,22?/m1/s1. The zero-order valence-corrected chi connectivity index (χ0v) is 18.4. The Morgan fingerprint density at radius 1 is 0.846 bits per heavy atom. The number of likely N-dealkylation sites (tertiary alicyclic amines) is 1. The van der Waals surface area contributed by atoms with Gasteiger partial charge in [0, 0.05) is 17.6 Å². The maximum Gasteiger partial charge on any atom is 0.0951 e. The second-order valence-corrected chi connectivity index (χ2v) is 10.5. The smallest absolute Gasteiger partial charge is 0.0951 e. The van der Waals surface area contributed by atoms with E-state index in [9.17, 15) is 13.0 Å². The number of unbranched alkanes of at least 4 members (excludes halogenated alkanes) is 11. The molecular weight excluding hydrogens is 346 g/mol. The van der Waals surface area contributed by atoms with Gasteiger partial charge in [0.05, 0.1) is 36.8 Å². The number of hydrogen-bond acceptors (Lipinski definition) is 3. The quantitative estimate of drug-likeness (QED) is 0.226. The first-order valence-corrected chi connectivity index (χ1v) is 12.6. The van der Waals surface area contributed by atoms with Gasteiger partial charge in [-0.25, -0.2) is 8.42 Å². The maximum atomic E-state index is 11.1. The number of hydrogen-bond donors (Lipinski definition) is 0. The van der Waals surface area contributed by atoms with E-state index >= 15 is 0 Å². The van der Waals surface area contributed by atoms with Crippen LogP contribution < -0.4 is 0 Å². The topological polar surface area (TPSA) is 57.2 Å². The second kappa shape index (κ2) is 12.4. The van der Waals surface area contributed by atoms with Crippen LogP contribution in [0.3, 0.4) is 0 Å². The lowest BCUT2D eigenvalue weighted by Crippen LogP contribution is -2.43. The molecule has 4 nitrogen and oxygen atoms in total. The Hall–Kier alpha value is -0.130. The summed E-state index contributed by atoms with van der Waals surface area (Å²) in [5, 5.41) is 0. The van der Waals surface area contributed by atoms with Crippen LogP contribution in [0.2, 0.25) is 0 Å². The van der Waals surface area contributed by atoms with Gasteiger partial charge in [-0.05, 0) is 12.8 Å². The van der Waals surface area contributed by atoms with Crippen molar-refractivity contribution in [1.82, 2.24) is 0 Å². The molecule has 26 heavy (non-hydrogen) atoms. The van der Waals surface area contributed by atoms with Crippen LogP contribution in [0.4, 0.5) is 0 Å². The summed E-state index contributed by atoms with van der Waals surface area (Å²) in [6.45, 7) is 7.35.